The second kappa shape index (κ2) is 8.97. The molecule has 0 aliphatic heterocycles. The van der Waals surface area contributed by atoms with Crippen molar-refractivity contribution in [1.29, 1.82) is 0 Å². The Labute approximate surface area is 74.8 Å². The van der Waals surface area contributed by atoms with E-state index in [0.29, 0.717) is 5.92 Å². The van der Waals surface area contributed by atoms with Gasteiger partial charge >= 0.3 is 0 Å². The fourth-order valence-corrected chi connectivity index (χ4v) is 1.14. The highest BCUT2D eigenvalue weighted by Gasteiger charge is 2.03. The maximum Gasteiger partial charge on any atom is 0.0443 e. The van der Waals surface area contributed by atoms with Gasteiger partial charge in [0, 0.05) is 13.2 Å². The van der Waals surface area contributed by atoms with Crippen LogP contribution in [0.5, 0.6) is 0 Å². The number of aliphatic hydroxyl groups is 2. The lowest BCUT2D eigenvalue weighted by Crippen LogP contribution is -2.24. The summed E-state index contributed by atoms with van der Waals surface area (Å²) in [6.07, 6.45) is 2.80. The van der Waals surface area contributed by atoms with E-state index in [1.54, 1.807) is 0 Å². The third-order valence-corrected chi connectivity index (χ3v) is 2.06. The monoisotopic (exact) mass is 175 g/mol. The van der Waals surface area contributed by atoms with Crippen LogP contribution in [0.1, 0.15) is 26.2 Å². The summed E-state index contributed by atoms with van der Waals surface area (Å²) in [6.45, 7) is 4.49. The normalized spacial score (nSPS) is 13.2. The molecule has 0 fully saturated rings. The van der Waals surface area contributed by atoms with Crippen LogP contribution in [0, 0.1) is 5.92 Å². The van der Waals surface area contributed by atoms with Gasteiger partial charge in [0.15, 0.2) is 0 Å². The molecule has 1 unspecified atom stereocenters. The van der Waals surface area contributed by atoms with Crippen molar-refractivity contribution in [2.75, 3.05) is 26.3 Å². The van der Waals surface area contributed by atoms with E-state index in [0.717, 1.165) is 32.4 Å². The van der Waals surface area contributed by atoms with Crippen molar-refractivity contribution in [3.8, 4) is 0 Å². The van der Waals surface area contributed by atoms with E-state index in [1.165, 1.54) is 0 Å². The van der Waals surface area contributed by atoms with Crippen molar-refractivity contribution in [2.45, 2.75) is 26.2 Å². The first-order valence-electron chi connectivity index (χ1n) is 4.77. The Morgan fingerprint density at radius 3 is 2.50 bits per heavy atom. The molecule has 0 saturated carbocycles. The quantitative estimate of drug-likeness (QED) is 0.467. The molecule has 0 aliphatic rings. The molecule has 3 heteroatoms. The molecule has 0 saturated heterocycles. The summed E-state index contributed by atoms with van der Waals surface area (Å²) in [7, 11) is 0. The maximum atomic E-state index is 8.70. The number of rotatable bonds is 8. The summed E-state index contributed by atoms with van der Waals surface area (Å²) in [5.41, 5.74) is 0. The van der Waals surface area contributed by atoms with E-state index in [1.807, 2.05) is 0 Å². The molecule has 0 aromatic rings. The number of nitrogens with one attached hydrogen (secondary N) is 1. The van der Waals surface area contributed by atoms with Gasteiger partial charge in [0.05, 0.1) is 0 Å². The van der Waals surface area contributed by atoms with E-state index < -0.39 is 0 Å². The zero-order valence-electron chi connectivity index (χ0n) is 7.92. The molecule has 1 atom stereocenters. The topological polar surface area (TPSA) is 52.5 Å². The van der Waals surface area contributed by atoms with E-state index in [2.05, 4.69) is 12.2 Å². The van der Waals surface area contributed by atoms with Crippen LogP contribution in [0.3, 0.4) is 0 Å². The SMILES string of the molecule is CCC(CCO)CNCCCO. The van der Waals surface area contributed by atoms with Gasteiger partial charge in [-0.05, 0) is 31.8 Å². The number of hydrogen-bond acceptors (Lipinski definition) is 3. The molecule has 0 aromatic carbocycles. The molecule has 12 heavy (non-hydrogen) atoms. The Balaban J connectivity index is 3.19. The van der Waals surface area contributed by atoms with Gasteiger partial charge in [0.1, 0.15) is 0 Å². The molecule has 0 rings (SSSR count). The largest absolute Gasteiger partial charge is 0.396 e. The Kier molecular flexibility index (Phi) is 8.88. The first-order valence-corrected chi connectivity index (χ1v) is 4.77. The van der Waals surface area contributed by atoms with Crippen LogP contribution in [0.2, 0.25) is 0 Å². The van der Waals surface area contributed by atoms with Crippen molar-refractivity contribution in [3.05, 3.63) is 0 Å². The second-order valence-electron chi connectivity index (χ2n) is 3.07. The summed E-state index contributed by atoms with van der Waals surface area (Å²) >= 11 is 0. The fourth-order valence-electron chi connectivity index (χ4n) is 1.14. The van der Waals surface area contributed by atoms with Gasteiger partial charge in [-0.2, -0.15) is 0 Å². The van der Waals surface area contributed by atoms with Gasteiger partial charge in [0.2, 0.25) is 0 Å². The Morgan fingerprint density at radius 1 is 1.25 bits per heavy atom. The van der Waals surface area contributed by atoms with E-state index >= 15 is 0 Å². The lowest BCUT2D eigenvalue weighted by Gasteiger charge is -2.13. The predicted octanol–water partition coefficient (Wildman–Crippen LogP) is 0.367. The van der Waals surface area contributed by atoms with Gasteiger partial charge in [-0.15, -0.1) is 0 Å². The van der Waals surface area contributed by atoms with Crippen molar-refractivity contribution in [1.82, 2.24) is 5.32 Å². The first kappa shape index (κ1) is 11.9. The molecule has 0 spiro atoms. The highest BCUT2D eigenvalue weighted by molar-refractivity contribution is 4.59. The lowest BCUT2D eigenvalue weighted by atomic mass is 10.0. The molecule has 0 aromatic heterocycles. The van der Waals surface area contributed by atoms with Crippen LogP contribution in [-0.4, -0.2) is 36.5 Å². The summed E-state index contributed by atoms with van der Waals surface area (Å²) in [4.78, 5) is 0. The summed E-state index contributed by atoms with van der Waals surface area (Å²) in [5.74, 6) is 0.577. The van der Waals surface area contributed by atoms with Crippen molar-refractivity contribution < 1.29 is 10.2 Å². The van der Waals surface area contributed by atoms with E-state index in [-0.39, 0.29) is 13.2 Å². The second-order valence-corrected chi connectivity index (χ2v) is 3.07. The van der Waals surface area contributed by atoms with E-state index in [4.69, 9.17) is 10.2 Å². The van der Waals surface area contributed by atoms with Crippen LogP contribution in [-0.2, 0) is 0 Å². The lowest BCUT2D eigenvalue weighted by molar-refractivity contribution is 0.248. The zero-order valence-corrected chi connectivity index (χ0v) is 7.92. The molecule has 0 radical (unpaired) electrons. The molecule has 74 valence electrons. The van der Waals surface area contributed by atoms with Crippen LogP contribution in [0.4, 0.5) is 0 Å². The molecule has 3 N–H and O–H groups in total. The number of aliphatic hydroxyl groups excluding tert-OH is 2. The standard InChI is InChI=1S/C9H21NO2/c1-2-9(4-7-12)8-10-5-3-6-11/h9-12H,2-8H2,1H3. The summed E-state index contributed by atoms with van der Waals surface area (Å²) in [5, 5.41) is 20.5. The van der Waals surface area contributed by atoms with Crippen molar-refractivity contribution in [2.24, 2.45) is 5.92 Å². The van der Waals surface area contributed by atoms with Crippen molar-refractivity contribution >= 4 is 0 Å². The zero-order chi connectivity index (χ0) is 9.23. The highest BCUT2D eigenvalue weighted by atomic mass is 16.3. The van der Waals surface area contributed by atoms with Crippen molar-refractivity contribution in [3.63, 3.8) is 0 Å². The summed E-state index contributed by atoms with van der Waals surface area (Å²) in [6, 6.07) is 0. The van der Waals surface area contributed by atoms with Gasteiger partial charge in [-0.1, -0.05) is 13.3 Å². The first-order chi connectivity index (χ1) is 5.85. The minimum atomic E-state index is 0.254. The van der Waals surface area contributed by atoms with Crippen LogP contribution in [0.15, 0.2) is 0 Å². The molecular weight excluding hydrogens is 154 g/mol. The molecule has 0 heterocycles. The van der Waals surface area contributed by atoms with Crippen LogP contribution < -0.4 is 5.32 Å². The summed E-state index contributed by atoms with van der Waals surface area (Å²) < 4.78 is 0. The molecule has 0 bridgehead atoms. The molecule has 0 aliphatic carbocycles. The number of hydrogen-bond donors (Lipinski definition) is 3. The highest BCUT2D eigenvalue weighted by Crippen LogP contribution is 2.05. The average Bonchev–Trinajstić information content (AvgIpc) is 2.10. The van der Waals surface area contributed by atoms with Crippen LogP contribution >= 0.6 is 0 Å². The Morgan fingerprint density at radius 2 is 2.00 bits per heavy atom. The molecule has 0 amide bonds. The van der Waals surface area contributed by atoms with E-state index in [9.17, 15) is 0 Å². The molecular formula is C9H21NO2. The maximum absolute atomic E-state index is 8.70. The smallest absolute Gasteiger partial charge is 0.0443 e. The molecule has 3 nitrogen and oxygen atoms in total. The predicted molar refractivity (Wildman–Crippen MR) is 50.1 cm³/mol. The third kappa shape index (κ3) is 6.58. The minimum absolute atomic E-state index is 0.254. The van der Waals surface area contributed by atoms with Gasteiger partial charge in [-0.3, -0.25) is 0 Å². The fraction of sp³-hybridized carbons (Fsp3) is 1.00. The Hall–Kier alpha value is -0.120. The van der Waals surface area contributed by atoms with Crippen LogP contribution in [0.25, 0.3) is 0 Å². The average molecular weight is 175 g/mol. The third-order valence-electron chi connectivity index (χ3n) is 2.06. The van der Waals surface area contributed by atoms with Gasteiger partial charge in [0.25, 0.3) is 0 Å². The minimum Gasteiger partial charge on any atom is -0.396 e. The van der Waals surface area contributed by atoms with Gasteiger partial charge in [-0.25, -0.2) is 0 Å². The van der Waals surface area contributed by atoms with Gasteiger partial charge < -0.3 is 15.5 Å². The Bertz CT molecular complexity index is 88.6.